The molecule has 5 heteroatoms. The van der Waals surface area contributed by atoms with Crippen molar-refractivity contribution in [2.45, 2.75) is 25.8 Å². The molecule has 1 aromatic heterocycles. The first-order chi connectivity index (χ1) is 11.1. The molecular formula is C18H16N2O3. The van der Waals surface area contributed by atoms with Gasteiger partial charge in [0.15, 0.2) is 0 Å². The van der Waals surface area contributed by atoms with Crippen molar-refractivity contribution in [3.05, 3.63) is 57.4 Å². The Labute approximate surface area is 133 Å². The molecule has 1 heterocycles. The van der Waals surface area contributed by atoms with Crippen molar-refractivity contribution in [1.82, 2.24) is 4.57 Å². The van der Waals surface area contributed by atoms with Gasteiger partial charge in [0.05, 0.1) is 12.8 Å². The van der Waals surface area contributed by atoms with Crippen LogP contribution < -0.4 is 5.56 Å². The summed E-state index contributed by atoms with van der Waals surface area (Å²) in [6, 6.07) is 11.2. The Morgan fingerprint density at radius 2 is 2.04 bits per heavy atom. The smallest absolute Gasteiger partial charge is 0.325 e. The monoisotopic (exact) mass is 308 g/mol. The largest absolute Gasteiger partial charge is 0.468 e. The zero-order chi connectivity index (χ0) is 16.4. The van der Waals surface area contributed by atoms with Gasteiger partial charge in [-0.15, -0.1) is 0 Å². The van der Waals surface area contributed by atoms with Crippen LogP contribution in [0.1, 0.15) is 23.1 Å². The summed E-state index contributed by atoms with van der Waals surface area (Å²) in [5.74, 6) is -0.524. The minimum atomic E-state index is -0.524. The number of fused-ring (bicyclic) bond motifs is 1. The van der Waals surface area contributed by atoms with E-state index < -0.39 is 11.5 Å². The van der Waals surface area contributed by atoms with Crippen LogP contribution in [0, 0.1) is 11.3 Å². The molecule has 0 N–H and O–H groups in total. The van der Waals surface area contributed by atoms with Gasteiger partial charge in [0.1, 0.15) is 18.2 Å². The second-order valence-electron chi connectivity index (χ2n) is 5.55. The number of esters is 1. The molecule has 0 radical (unpaired) electrons. The molecule has 0 fully saturated rings. The normalized spacial score (nSPS) is 12.5. The topological polar surface area (TPSA) is 72.1 Å². The van der Waals surface area contributed by atoms with Gasteiger partial charge in [0.2, 0.25) is 0 Å². The van der Waals surface area contributed by atoms with E-state index in [0.717, 1.165) is 24.8 Å². The number of ether oxygens (including phenoxy) is 1. The fourth-order valence-electron chi connectivity index (χ4n) is 3.00. The summed E-state index contributed by atoms with van der Waals surface area (Å²) >= 11 is 0. The van der Waals surface area contributed by atoms with Gasteiger partial charge >= 0.3 is 5.97 Å². The summed E-state index contributed by atoms with van der Waals surface area (Å²) in [6.07, 6.45) is 3.25. The molecule has 0 aliphatic heterocycles. The summed E-state index contributed by atoms with van der Waals surface area (Å²) in [5, 5.41) is 9.04. The lowest BCUT2D eigenvalue weighted by molar-refractivity contribution is -0.141. The fraction of sp³-hybridized carbons (Fsp3) is 0.278. The number of nitrogens with zero attached hydrogens (tertiary/aromatic N) is 2. The van der Waals surface area contributed by atoms with Gasteiger partial charge in [-0.1, -0.05) is 12.1 Å². The molecular weight excluding hydrogens is 292 g/mol. The lowest BCUT2D eigenvalue weighted by atomic mass is 10.0. The van der Waals surface area contributed by atoms with Crippen molar-refractivity contribution in [2.75, 3.05) is 7.11 Å². The van der Waals surface area contributed by atoms with Crippen LogP contribution in [0.3, 0.4) is 0 Å². The highest BCUT2D eigenvalue weighted by atomic mass is 16.5. The van der Waals surface area contributed by atoms with E-state index in [-0.39, 0.29) is 12.1 Å². The highest BCUT2D eigenvalue weighted by Gasteiger charge is 2.16. The van der Waals surface area contributed by atoms with Crippen LogP contribution in [-0.4, -0.2) is 17.6 Å². The number of methoxy groups -OCH3 is 1. The van der Waals surface area contributed by atoms with Crippen molar-refractivity contribution in [3.63, 3.8) is 0 Å². The third kappa shape index (κ3) is 2.76. The van der Waals surface area contributed by atoms with E-state index in [0.29, 0.717) is 5.69 Å². The Hall–Kier alpha value is -2.87. The van der Waals surface area contributed by atoms with Crippen LogP contribution in [0.2, 0.25) is 0 Å². The number of carbonyl (C=O) groups is 1. The Bertz CT molecular complexity index is 875. The lowest BCUT2D eigenvalue weighted by Gasteiger charge is -2.13. The molecule has 0 unspecified atom stereocenters. The molecule has 0 bridgehead atoms. The maximum Gasteiger partial charge on any atom is 0.325 e. The summed E-state index contributed by atoms with van der Waals surface area (Å²) in [5.41, 5.74) is 3.65. The number of pyridine rings is 1. The second-order valence-corrected chi connectivity index (χ2v) is 5.55. The standard InChI is InChI=1S/C18H16N2O3/c1-23-17(21)11-20-16(8-7-15(10-19)18(20)22)14-6-5-12-3-2-4-13(12)9-14/h5-9H,2-4,11H2,1H3. The Balaban J connectivity index is 2.15. The molecule has 0 spiro atoms. The third-order valence-corrected chi connectivity index (χ3v) is 4.20. The van der Waals surface area contributed by atoms with Gasteiger partial charge < -0.3 is 4.74 Å². The van der Waals surface area contributed by atoms with Crippen LogP contribution in [0.5, 0.6) is 0 Å². The molecule has 0 atom stereocenters. The van der Waals surface area contributed by atoms with Gasteiger partial charge in [0, 0.05) is 0 Å². The number of nitriles is 1. The van der Waals surface area contributed by atoms with Crippen molar-refractivity contribution >= 4 is 5.97 Å². The first-order valence-electron chi connectivity index (χ1n) is 7.47. The van der Waals surface area contributed by atoms with Gasteiger partial charge in [-0.05, 0) is 54.2 Å². The zero-order valence-electron chi connectivity index (χ0n) is 12.8. The van der Waals surface area contributed by atoms with Gasteiger partial charge in [-0.2, -0.15) is 5.26 Å². The molecule has 116 valence electrons. The van der Waals surface area contributed by atoms with E-state index in [1.54, 1.807) is 6.07 Å². The predicted octanol–water partition coefficient (Wildman–Crippen LogP) is 2.05. The number of aryl methyl sites for hydroxylation is 2. The van der Waals surface area contributed by atoms with E-state index in [1.165, 1.54) is 28.9 Å². The minimum Gasteiger partial charge on any atom is -0.468 e. The Kier molecular flexibility index (Phi) is 3.98. The average Bonchev–Trinajstić information content (AvgIpc) is 3.04. The summed E-state index contributed by atoms with van der Waals surface area (Å²) in [7, 11) is 1.27. The first kappa shape index (κ1) is 15.0. The molecule has 2 aromatic rings. The number of hydrogen-bond donors (Lipinski definition) is 0. The summed E-state index contributed by atoms with van der Waals surface area (Å²) < 4.78 is 5.97. The van der Waals surface area contributed by atoms with Crippen molar-refractivity contribution in [3.8, 4) is 17.3 Å². The highest BCUT2D eigenvalue weighted by Crippen LogP contribution is 2.27. The van der Waals surface area contributed by atoms with E-state index >= 15 is 0 Å². The maximum atomic E-state index is 12.4. The molecule has 0 amide bonds. The lowest BCUT2D eigenvalue weighted by Crippen LogP contribution is -2.28. The number of carbonyl (C=O) groups excluding carboxylic acids is 1. The van der Waals surface area contributed by atoms with Crippen molar-refractivity contribution in [2.24, 2.45) is 0 Å². The Morgan fingerprint density at radius 1 is 1.26 bits per heavy atom. The summed E-state index contributed by atoms with van der Waals surface area (Å²) in [6.45, 7) is -0.211. The highest BCUT2D eigenvalue weighted by molar-refractivity contribution is 5.71. The van der Waals surface area contributed by atoms with E-state index in [2.05, 4.69) is 16.9 Å². The van der Waals surface area contributed by atoms with Gasteiger partial charge in [0.25, 0.3) is 5.56 Å². The van der Waals surface area contributed by atoms with Crippen LogP contribution in [0.4, 0.5) is 0 Å². The first-order valence-corrected chi connectivity index (χ1v) is 7.47. The number of hydrogen-bond acceptors (Lipinski definition) is 4. The number of aromatic nitrogens is 1. The van der Waals surface area contributed by atoms with Crippen molar-refractivity contribution < 1.29 is 9.53 Å². The quantitative estimate of drug-likeness (QED) is 0.814. The van der Waals surface area contributed by atoms with E-state index in [1.807, 2.05) is 12.1 Å². The molecule has 5 nitrogen and oxygen atoms in total. The number of rotatable bonds is 3. The molecule has 0 saturated carbocycles. The van der Waals surface area contributed by atoms with Crippen LogP contribution >= 0.6 is 0 Å². The Morgan fingerprint density at radius 3 is 2.78 bits per heavy atom. The van der Waals surface area contributed by atoms with Gasteiger partial charge in [-0.3, -0.25) is 14.2 Å². The molecule has 0 saturated heterocycles. The molecule has 1 aliphatic carbocycles. The molecule has 1 aliphatic rings. The molecule has 1 aromatic carbocycles. The van der Waals surface area contributed by atoms with Crippen molar-refractivity contribution in [1.29, 1.82) is 5.26 Å². The molecule has 23 heavy (non-hydrogen) atoms. The minimum absolute atomic E-state index is 0.0128. The zero-order valence-corrected chi connectivity index (χ0v) is 12.8. The third-order valence-electron chi connectivity index (χ3n) is 4.20. The maximum absolute atomic E-state index is 12.4. The second kappa shape index (κ2) is 6.09. The average molecular weight is 308 g/mol. The fourth-order valence-corrected chi connectivity index (χ4v) is 3.00. The van der Waals surface area contributed by atoms with E-state index in [9.17, 15) is 9.59 Å². The van der Waals surface area contributed by atoms with Gasteiger partial charge in [-0.25, -0.2) is 0 Å². The van der Waals surface area contributed by atoms with Crippen LogP contribution in [-0.2, 0) is 28.9 Å². The summed E-state index contributed by atoms with van der Waals surface area (Å²) in [4.78, 5) is 24.1. The van der Waals surface area contributed by atoms with Crippen LogP contribution in [0.25, 0.3) is 11.3 Å². The SMILES string of the molecule is COC(=O)Cn1c(-c2ccc3c(c2)CCC3)ccc(C#N)c1=O. The number of benzene rings is 1. The van der Waals surface area contributed by atoms with E-state index in [4.69, 9.17) is 5.26 Å². The van der Waals surface area contributed by atoms with Crippen LogP contribution in [0.15, 0.2) is 35.1 Å². The predicted molar refractivity (Wildman–Crippen MR) is 84.9 cm³/mol. The molecule has 3 rings (SSSR count).